The summed E-state index contributed by atoms with van der Waals surface area (Å²) in [6, 6.07) is 0.323. The van der Waals surface area contributed by atoms with Gasteiger partial charge >= 0.3 is 6.01 Å². The SMILES string of the molecule is CCCNc1nc(NC(C)(C)CCC)nc(OC)n1. The molecule has 1 aromatic rings. The van der Waals surface area contributed by atoms with E-state index in [4.69, 9.17) is 4.74 Å². The highest BCUT2D eigenvalue weighted by Gasteiger charge is 2.18. The van der Waals surface area contributed by atoms with E-state index in [1.165, 1.54) is 0 Å². The number of aromatic nitrogens is 3. The summed E-state index contributed by atoms with van der Waals surface area (Å²) >= 11 is 0. The first-order valence-corrected chi connectivity index (χ1v) is 6.83. The van der Waals surface area contributed by atoms with Crippen LogP contribution in [0.4, 0.5) is 11.9 Å². The lowest BCUT2D eigenvalue weighted by Gasteiger charge is -2.25. The first-order chi connectivity index (χ1) is 9.00. The van der Waals surface area contributed by atoms with Crippen LogP contribution < -0.4 is 15.4 Å². The van der Waals surface area contributed by atoms with E-state index in [0.29, 0.717) is 17.9 Å². The van der Waals surface area contributed by atoms with Crippen LogP contribution in [-0.2, 0) is 0 Å². The van der Waals surface area contributed by atoms with Crippen molar-refractivity contribution in [1.82, 2.24) is 15.0 Å². The molecule has 108 valence electrons. The van der Waals surface area contributed by atoms with Gasteiger partial charge in [0.1, 0.15) is 0 Å². The van der Waals surface area contributed by atoms with Crippen LogP contribution in [0.15, 0.2) is 0 Å². The number of hydrogen-bond acceptors (Lipinski definition) is 6. The first-order valence-electron chi connectivity index (χ1n) is 6.83. The molecule has 0 amide bonds. The molecule has 0 fully saturated rings. The van der Waals surface area contributed by atoms with Crippen molar-refractivity contribution in [2.75, 3.05) is 24.3 Å². The number of rotatable bonds is 8. The molecule has 2 N–H and O–H groups in total. The van der Waals surface area contributed by atoms with Crippen molar-refractivity contribution in [2.45, 2.75) is 52.5 Å². The Morgan fingerprint density at radius 1 is 1.05 bits per heavy atom. The molecule has 0 aromatic carbocycles. The van der Waals surface area contributed by atoms with Crippen LogP contribution in [0.1, 0.15) is 47.0 Å². The minimum atomic E-state index is -0.0524. The molecule has 0 atom stereocenters. The van der Waals surface area contributed by atoms with E-state index in [0.717, 1.165) is 25.8 Å². The molecule has 0 bridgehead atoms. The highest BCUT2D eigenvalue weighted by atomic mass is 16.5. The lowest BCUT2D eigenvalue weighted by molar-refractivity contribution is 0.378. The van der Waals surface area contributed by atoms with E-state index >= 15 is 0 Å². The largest absolute Gasteiger partial charge is 0.467 e. The van der Waals surface area contributed by atoms with E-state index in [2.05, 4.69) is 53.3 Å². The zero-order valence-corrected chi connectivity index (χ0v) is 12.6. The molecule has 0 radical (unpaired) electrons. The number of hydrogen-bond donors (Lipinski definition) is 2. The van der Waals surface area contributed by atoms with Gasteiger partial charge in [-0.15, -0.1) is 0 Å². The predicted octanol–water partition coefficient (Wildman–Crippen LogP) is 2.69. The number of ether oxygens (including phenoxy) is 1. The fraction of sp³-hybridized carbons (Fsp3) is 0.769. The Balaban J connectivity index is 2.87. The van der Waals surface area contributed by atoms with Gasteiger partial charge in [-0.3, -0.25) is 0 Å². The number of nitrogens with zero attached hydrogens (tertiary/aromatic N) is 3. The molecule has 0 saturated heterocycles. The van der Waals surface area contributed by atoms with Crippen LogP contribution in [0.2, 0.25) is 0 Å². The molecule has 0 spiro atoms. The van der Waals surface area contributed by atoms with Crippen molar-refractivity contribution in [3.63, 3.8) is 0 Å². The van der Waals surface area contributed by atoms with Gasteiger partial charge in [0.2, 0.25) is 11.9 Å². The van der Waals surface area contributed by atoms with Gasteiger partial charge in [-0.1, -0.05) is 20.3 Å². The third-order valence-corrected chi connectivity index (χ3v) is 2.66. The Labute approximate surface area is 115 Å². The summed E-state index contributed by atoms with van der Waals surface area (Å²) in [4.78, 5) is 12.8. The van der Waals surface area contributed by atoms with Gasteiger partial charge in [0.05, 0.1) is 7.11 Å². The molecule has 19 heavy (non-hydrogen) atoms. The Bertz CT molecular complexity index is 395. The maximum atomic E-state index is 5.11. The zero-order chi connectivity index (χ0) is 14.3. The van der Waals surface area contributed by atoms with E-state index in [-0.39, 0.29) is 5.54 Å². The normalized spacial score (nSPS) is 11.2. The van der Waals surface area contributed by atoms with Crippen LogP contribution in [-0.4, -0.2) is 34.1 Å². The fourth-order valence-electron chi connectivity index (χ4n) is 1.81. The number of nitrogens with one attached hydrogen (secondary N) is 2. The second kappa shape index (κ2) is 7.11. The summed E-state index contributed by atoms with van der Waals surface area (Å²) in [6.45, 7) is 9.34. The monoisotopic (exact) mass is 267 g/mol. The molecule has 0 saturated carbocycles. The minimum absolute atomic E-state index is 0.0524. The maximum Gasteiger partial charge on any atom is 0.322 e. The summed E-state index contributed by atoms with van der Waals surface area (Å²) in [7, 11) is 1.56. The van der Waals surface area contributed by atoms with Gasteiger partial charge in [-0.25, -0.2) is 0 Å². The second-order valence-corrected chi connectivity index (χ2v) is 5.15. The lowest BCUT2D eigenvalue weighted by atomic mass is 9.99. The van der Waals surface area contributed by atoms with Gasteiger partial charge in [-0.05, 0) is 26.7 Å². The molecule has 0 unspecified atom stereocenters. The predicted molar refractivity (Wildman–Crippen MR) is 77.8 cm³/mol. The molecule has 1 aromatic heterocycles. The quantitative estimate of drug-likeness (QED) is 0.754. The molecule has 6 heteroatoms. The van der Waals surface area contributed by atoms with Crippen LogP contribution in [0.5, 0.6) is 6.01 Å². The third-order valence-electron chi connectivity index (χ3n) is 2.66. The van der Waals surface area contributed by atoms with E-state index in [9.17, 15) is 0 Å². The molecular formula is C13H25N5O. The number of anilines is 2. The average molecular weight is 267 g/mol. The molecular weight excluding hydrogens is 242 g/mol. The van der Waals surface area contributed by atoms with Crippen LogP contribution in [0, 0.1) is 0 Å². The average Bonchev–Trinajstić information content (AvgIpc) is 2.35. The van der Waals surface area contributed by atoms with E-state index < -0.39 is 0 Å². The maximum absolute atomic E-state index is 5.11. The van der Waals surface area contributed by atoms with Crippen molar-refractivity contribution < 1.29 is 4.74 Å². The molecule has 0 aliphatic rings. The fourth-order valence-corrected chi connectivity index (χ4v) is 1.81. The molecule has 6 nitrogen and oxygen atoms in total. The van der Waals surface area contributed by atoms with Gasteiger partial charge in [0.25, 0.3) is 0 Å². The second-order valence-electron chi connectivity index (χ2n) is 5.15. The van der Waals surface area contributed by atoms with Crippen molar-refractivity contribution in [2.24, 2.45) is 0 Å². The zero-order valence-electron chi connectivity index (χ0n) is 12.6. The summed E-state index contributed by atoms with van der Waals surface area (Å²) in [5, 5.41) is 6.47. The van der Waals surface area contributed by atoms with E-state index in [1.807, 2.05) is 0 Å². The van der Waals surface area contributed by atoms with Crippen LogP contribution >= 0.6 is 0 Å². The van der Waals surface area contributed by atoms with Crippen molar-refractivity contribution >= 4 is 11.9 Å². The Morgan fingerprint density at radius 3 is 2.32 bits per heavy atom. The topological polar surface area (TPSA) is 72.0 Å². The summed E-state index contributed by atoms with van der Waals surface area (Å²) in [6.07, 6.45) is 3.15. The minimum Gasteiger partial charge on any atom is -0.467 e. The van der Waals surface area contributed by atoms with Crippen LogP contribution in [0.25, 0.3) is 0 Å². The number of methoxy groups -OCH3 is 1. The Kier molecular flexibility index (Phi) is 5.79. The third kappa shape index (κ3) is 5.28. The van der Waals surface area contributed by atoms with Gasteiger partial charge in [-0.2, -0.15) is 15.0 Å². The molecule has 1 rings (SSSR count). The van der Waals surface area contributed by atoms with Crippen molar-refractivity contribution in [3.05, 3.63) is 0 Å². The summed E-state index contributed by atoms with van der Waals surface area (Å²) in [5.41, 5.74) is -0.0524. The molecule has 1 heterocycles. The summed E-state index contributed by atoms with van der Waals surface area (Å²) < 4.78 is 5.11. The van der Waals surface area contributed by atoms with Crippen molar-refractivity contribution in [3.8, 4) is 6.01 Å². The first kappa shape index (κ1) is 15.5. The highest BCUT2D eigenvalue weighted by Crippen LogP contribution is 2.19. The molecule has 0 aliphatic heterocycles. The lowest BCUT2D eigenvalue weighted by Crippen LogP contribution is -2.31. The van der Waals surface area contributed by atoms with Gasteiger partial charge < -0.3 is 15.4 Å². The smallest absolute Gasteiger partial charge is 0.322 e. The van der Waals surface area contributed by atoms with E-state index in [1.54, 1.807) is 7.11 Å². The molecule has 0 aliphatic carbocycles. The summed E-state index contributed by atoms with van der Waals surface area (Å²) in [5.74, 6) is 1.09. The highest BCUT2D eigenvalue weighted by molar-refractivity contribution is 5.37. The standard InChI is InChI=1S/C13H25N5O/c1-6-8-13(3,4)18-11-15-10(14-9-7-2)16-12(17-11)19-5/h6-9H2,1-5H3,(H2,14,15,16,17,18). The Hall–Kier alpha value is -1.59. The van der Waals surface area contributed by atoms with Crippen molar-refractivity contribution in [1.29, 1.82) is 0 Å². The van der Waals surface area contributed by atoms with Gasteiger partial charge in [0.15, 0.2) is 0 Å². The Morgan fingerprint density at radius 2 is 1.74 bits per heavy atom. The van der Waals surface area contributed by atoms with Crippen LogP contribution in [0.3, 0.4) is 0 Å². The van der Waals surface area contributed by atoms with Gasteiger partial charge in [0, 0.05) is 12.1 Å².